The maximum atomic E-state index is 8.05. The van der Waals surface area contributed by atoms with Gasteiger partial charge in [0.2, 0.25) is 0 Å². The summed E-state index contributed by atoms with van der Waals surface area (Å²) in [4.78, 5) is 0. The van der Waals surface area contributed by atoms with Gasteiger partial charge in [-0.25, -0.2) is 0 Å². The molecule has 136 valence electrons. The van der Waals surface area contributed by atoms with E-state index < -0.39 is 12.0 Å². The normalized spacial score (nSPS) is 25.8. The van der Waals surface area contributed by atoms with Gasteiger partial charge in [0.1, 0.15) is 0 Å². The molecule has 2 aliphatic carbocycles. The van der Waals surface area contributed by atoms with Gasteiger partial charge in [-0.05, 0) is 0 Å². The van der Waals surface area contributed by atoms with Crippen LogP contribution in [0.5, 0.6) is 0 Å². The third kappa shape index (κ3) is 2.49. The second-order valence-electron chi connectivity index (χ2n) is 10.4. The molecule has 0 aromatic heterocycles. The van der Waals surface area contributed by atoms with Crippen LogP contribution in [-0.2, 0) is 12.0 Å². The zero-order chi connectivity index (χ0) is 19.1. The quantitative estimate of drug-likeness (QED) is 0.405. The van der Waals surface area contributed by atoms with E-state index in [0.717, 1.165) is 0 Å². The predicted octanol–water partition coefficient (Wildman–Crippen LogP) is 7.02. The Morgan fingerprint density at radius 2 is 1.08 bits per heavy atom. The van der Waals surface area contributed by atoms with Gasteiger partial charge in [0.15, 0.2) is 0 Å². The number of allylic oxidation sites excluding steroid dienone is 2. The van der Waals surface area contributed by atoms with Crippen LogP contribution in [0.3, 0.4) is 0 Å². The molecule has 0 bridgehead atoms. The summed E-state index contributed by atoms with van der Waals surface area (Å²) < 4.78 is 4.60. The molecular formula is C22H26Cl2SiZr. The van der Waals surface area contributed by atoms with Crippen LogP contribution in [0.25, 0.3) is 12.2 Å². The Morgan fingerprint density at radius 3 is 1.46 bits per heavy atom. The third-order valence-electron chi connectivity index (χ3n) is 6.62. The minimum atomic E-state index is -5.41. The van der Waals surface area contributed by atoms with E-state index in [1.54, 1.807) is 0 Å². The average molecular weight is 481 g/mol. The monoisotopic (exact) mass is 478 g/mol. The van der Waals surface area contributed by atoms with Crippen LogP contribution >= 0.6 is 17.0 Å². The van der Waals surface area contributed by atoms with Gasteiger partial charge in [-0.3, -0.25) is 0 Å². The van der Waals surface area contributed by atoms with Gasteiger partial charge in [0.25, 0.3) is 0 Å². The van der Waals surface area contributed by atoms with E-state index in [4.69, 9.17) is 17.0 Å². The van der Waals surface area contributed by atoms with Gasteiger partial charge in [-0.15, -0.1) is 0 Å². The first-order valence-corrected chi connectivity index (χ1v) is 29.3. The van der Waals surface area contributed by atoms with E-state index in [0.29, 0.717) is 0 Å². The van der Waals surface area contributed by atoms with E-state index in [-0.39, 0.29) is 7.25 Å². The second kappa shape index (κ2) is 4.60. The van der Waals surface area contributed by atoms with Crippen molar-refractivity contribution in [1.82, 2.24) is 0 Å². The van der Waals surface area contributed by atoms with E-state index in [1.807, 2.05) is 6.88 Å². The minimum absolute atomic E-state index is 0.0594. The van der Waals surface area contributed by atoms with Gasteiger partial charge in [-0.2, -0.15) is 0 Å². The molecule has 26 heavy (non-hydrogen) atoms. The SMILES string of the molecule is CC1=Cc2ccccc2[CH]1[Zr]([CH3])([CH3])(=[SiH2])([Cl])([Cl])[CH]1C(C)=Cc2ccccc21. The first-order chi connectivity index (χ1) is 11.7. The van der Waals surface area contributed by atoms with Gasteiger partial charge < -0.3 is 0 Å². The summed E-state index contributed by atoms with van der Waals surface area (Å²) in [6.07, 6.45) is 4.55. The van der Waals surface area contributed by atoms with Crippen molar-refractivity contribution in [2.24, 2.45) is 0 Å². The molecule has 2 aromatic rings. The average Bonchev–Trinajstić information content (AvgIpc) is 3.02. The van der Waals surface area contributed by atoms with Crippen LogP contribution < -0.4 is 0 Å². The molecule has 0 fully saturated rings. The number of rotatable bonds is 2. The van der Waals surface area contributed by atoms with Crippen molar-refractivity contribution in [3.05, 3.63) is 81.9 Å². The Morgan fingerprint density at radius 1 is 0.731 bits per heavy atom. The molecule has 2 aromatic carbocycles. The summed E-state index contributed by atoms with van der Waals surface area (Å²) in [5.74, 6) is 0. The van der Waals surface area contributed by atoms with Crippen LogP contribution in [0.1, 0.15) is 43.4 Å². The molecule has 0 radical (unpaired) electrons. The van der Waals surface area contributed by atoms with Crippen molar-refractivity contribution < 1.29 is 12.0 Å². The number of benzene rings is 2. The molecule has 0 aliphatic heterocycles. The van der Waals surface area contributed by atoms with Crippen molar-refractivity contribution in [3.63, 3.8) is 0 Å². The van der Waals surface area contributed by atoms with Crippen LogP contribution in [0.15, 0.2) is 59.7 Å². The Labute approximate surface area is 159 Å². The molecule has 0 spiro atoms. The molecule has 0 saturated heterocycles. The molecule has 0 nitrogen and oxygen atoms in total. The van der Waals surface area contributed by atoms with Gasteiger partial charge in [-0.1, -0.05) is 0 Å². The molecule has 4 rings (SSSR count). The standard InChI is InChI=1S/2C10H9.2CH3.2ClH.H2Si.Zr/c2*1-8-6-9-4-2-3-5-10(9)7-8;;;;;;/h2*2-7H,1H3;2*1H3;2*1H;1H2;/q;;;;;;;+2/p-2. The maximum absolute atomic E-state index is 8.05. The first kappa shape index (κ1) is 18.9. The Hall–Kier alpha value is -0.400. The third-order valence-corrected chi connectivity index (χ3v) is 31.9. The van der Waals surface area contributed by atoms with E-state index in [2.05, 4.69) is 83.8 Å². The number of fused-ring (bicyclic) bond motifs is 2. The molecular weight excluding hydrogens is 454 g/mol. The molecule has 0 heterocycles. The predicted molar refractivity (Wildman–Crippen MR) is 118 cm³/mol. The first-order valence-electron chi connectivity index (χ1n) is 9.27. The fraction of sp³-hybridized carbons (Fsp3) is 0.273. The van der Waals surface area contributed by atoms with E-state index >= 15 is 0 Å². The number of hydrogen-bond donors (Lipinski definition) is 0. The molecule has 0 amide bonds. The summed E-state index contributed by atoms with van der Waals surface area (Å²) >= 11 is -5.41. The molecule has 4 heteroatoms. The van der Waals surface area contributed by atoms with Gasteiger partial charge in [0.05, 0.1) is 0 Å². The summed E-state index contributed by atoms with van der Waals surface area (Å²) in [6.45, 7) is 6.33. The Kier molecular flexibility index (Phi) is 3.35. The van der Waals surface area contributed by atoms with Gasteiger partial charge in [0, 0.05) is 0 Å². The molecule has 0 saturated carbocycles. The number of hydrogen-bond acceptors (Lipinski definition) is 0. The Balaban J connectivity index is 2.10. The van der Waals surface area contributed by atoms with Crippen molar-refractivity contribution in [1.29, 1.82) is 0 Å². The molecule has 0 N–H and O–H groups in total. The summed E-state index contributed by atoms with van der Waals surface area (Å²) in [5.41, 5.74) is 7.66. The van der Waals surface area contributed by atoms with Crippen molar-refractivity contribution in [3.8, 4) is 0 Å². The fourth-order valence-electron chi connectivity index (χ4n) is 6.22. The van der Waals surface area contributed by atoms with Crippen LogP contribution in [0.2, 0.25) is 9.26 Å². The summed E-state index contributed by atoms with van der Waals surface area (Å²) in [5, 5.41) is 0. The van der Waals surface area contributed by atoms with E-state index in [9.17, 15) is 0 Å². The van der Waals surface area contributed by atoms with Crippen molar-refractivity contribution in [2.45, 2.75) is 30.4 Å². The molecule has 2 aliphatic rings. The Bertz CT molecular complexity index is 1070. The molecule has 2 unspecified atom stereocenters. The van der Waals surface area contributed by atoms with Crippen LogP contribution in [-0.4, -0.2) is 6.88 Å². The zero-order valence-electron chi connectivity index (χ0n) is 15.9. The zero-order valence-corrected chi connectivity index (χ0v) is 21.3. The van der Waals surface area contributed by atoms with Crippen molar-refractivity contribution >= 4 is 36.1 Å². The van der Waals surface area contributed by atoms with Crippen LogP contribution in [0.4, 0.5) is 0 Å². The van der Waals surface area contributed by atoms with Crippen LogP contribution in [0, 0.1) is 0 Å². The fourth-order valence-corrected chi connectivity index (χ4v) is 37.2. The summed E-state index contributed by atoms with van der Waals surface area (Å²) in [7, 11) is 16.1. The number of halogens is 2. The second-order valence-corrected chi connectivity index (χ2v) is 78.5. The van der Waals surface area contributed by atoms with Crippen molar-refractivity contribution in [2.75, 3.05) is 0 Å². The molecule has 2 atom stereocenters. The summed E-state index contributed by atoms with van der Waals surface area (Å²) in [6, 6.07) is 17.2. The van der Waals surface area contributed by atoms with Gasteiger partial charge >= 0.3 is 160 Å². The van der Waals surface area contributed by atoms with E-state index in [1.165, 1.54) is 33.4 Å². The topological polar surface area (TPSA) is 0 Å².